The summed E-state index contributed by atoms with van der Waals surface area (Å²) < 4.78 is 0. The van der Waals surface area contributed by atoms with Gasteiger partial charge in [0.1, 0.15) is 0 Å². The molecule has 0 spiro atoms. The summed E-state index contributed by atoms with van der Waals surface area (Å²) >= 11 is 0. The molecule has 0 radical (unpaired) electrons. The largest absolute Gasteiger partial charge is 0.356 e. The molecular weight excluding hydrogens is 641 g/mol. The Labute approximate surface area is 313 Å². The van der Waals surface area contributed by atoms with Gasteiger partial charge in [0, 0.05) is 28.2 Å². The van der Waals surface area contributed by atoms with Gasteiger partial charge >= 0.3 is 0 Å². The zero-order valence-electron chi connectivity index (χ0n) is 30.2. The van der Waals surface area contributed by atoms with Gasteiger partial charge in [-0.15, -0.1) is 0 Å². The van der Waals surface area contributed by atoms with Crippen LogP contribution in [-0.2, 0) is 5.41 Å². The van der Waals surface area contributed by atoms with Crippen molar-refractivity contribution in [1.29, 1.82) is 0 Å². The topological polar surface area (TPSA) is 24.1 Å². The highest BCUT2D eigenvalue weighted by molar-refractivity contribution is 5.87. The summed E-state index contributed by atoms with van der Waals surface area (Å²) in [4.78, 5) is 0. The van der Waals surface area contributed by atoms with E-state index in [4.69, 9.17) is 0 Å². The fourth-order valence-electron chi connectivity index (χ4n) is 8.01. The molecule has 0 heterocycles. The van der Waals surface area contributed by atoms with Crippen LogP contribution in [0.5, 0.6) is 0 Å². The van der Waals surface area contributed by atoms with E-state index in [0.717, 1.165) is 35.6 Å². The van der Waals surface area contributed by atoms with Crippen molar-refractivity contribution in [1.82, 2.24) is 0 Å². The van der Waals surface area contributed by atoms with Crippen molar-refractivity contribution in [3.05, 3.63) is 204 Å². The van der Waals surface area contributed by atoms with Crippen LogP contribution in [0, 0.1) is 0 Å². The average molecular weight is 683 g/mol. The highest BCUT2D eigenvalue weighted by Gasteiger charge is 2.35. The minimum absolute atomic E-state index is 0.131. The number of fused-ring (bicyclic) bond motifs is 3. The van der Waals surface area contributed by atoms with E-state index < -0.39 is 0 Å². The second kappa shape index (κ2) is 13.6. The van der Waals surface area contributed by atoms with Crippen molar-refractivity contribution in [2.75, 3.05) is 10.6 Å². The lowest BCUT2D eigenvalue weighted by Gasteiger charge is -2.23. The lowest BCUT2D eigenvalue weighted by atomic mass is 9.82. The molecule has 256 valence electrons. The molecule has 0 saturated heterocycles. The van der Waals surface area contributed by atoms with Crippen molar-refractivity contribution in [2.24, 2.45) is 0 Å². The van der Waals surface area contributed by atoms with Crippen LogP contribution in [0.15, 0.2) is 182 Å². The first-order valence-corrected chi connectivity index (χ1v) is 18.6. The van der Waals surface area contributed by atoms with Crippen LogP contribution in [0.4, 0.5) is 22.7 Å². The van der Waals surface area contributed by atoms with Crippen molar-refractivity contribution in [2.45, 2.75) is 32.1 Å². The number of nitrogens with one attached hydrogen (secondary N) is 2. The summed E-state index contributed by atoms with van der Waals surface area (Å²) in [5, 5.41) is 7.36. The molecule has 0 amide bonds. The Hall–Kier alpha value is -6.38. The number of rotatable bonds is 8. The fourth-order valence-corrected chi connectivity index (χ4v) is 8.01. The Kier molecular flexibility index (Phi) is 8.37. The number of anilines is 4. The normalized spacial score (nSPS) is 14.1. The molecule has 9 rings (SSSR count). The van der Waals surface area contributed by atoms with E-state index in [1.165, 1.54) is 66.8 Å². The first-order chi connectivity index (χ1) is 26.0. The summed E-state index contributed by atoms with van der Waals surface area (Å²) in [6, 6.07) is 61.3. The van der Waals surface area contributed by atoms with Gasteiger partial charge in [0.15, 0.2) is 0 Å². The zero-order valence-corrected chi connectivity index (χ0v) is 30.2. The van der Waals surface area contributed by atoms with Gasteiger partial charge in [-0.2, -0.15) is 0 Å². The van der Waals surface area contributed by atoms with E-state index >= 15 is 0 Å². The van der Waals surface area contributed by atoms with Crippen molar-refractivity contribution in [3.63, 3.8) is 0 Å². The Morgan fingerprint density at radius 1 is 0.415 bits per heavy atom. The molecule has 7 aromatic rings. The molecule has 0 fully saturated rings. The molecule has 0 aliphatic heterocycles. The maximum absolute atomic E-state index is 3.69. The van der Waals surface area contributed by atoms with Crippen LogP contribution in [0.1, 0.15) is 48.9 Å². The molecule has 0 atom stereocenters. The second-order valence-corrected chi connectivity index (χ2v) is 14.7. The van der Waals surface area contributed by atoms with Crippen LogP contribution in [0.25, 0.3) is 44.5 Å². The first kappa shape index (κ1) is 32.5. The van der Waals surface area contributed by atoms with E-state index in [1.54, 1.807) is 0 Å². The van der Waals surface area contributed by atoms with Crippen LogP contribution >= 0.6 is 0 Å². The average Bonchev–Trinajstić information content (AvgIpc) is 3.44. The smallest absolute Gasteiger partial charge is 0.0387 e. The quantitative estimate of drug-likeness (QED) is 0.167. The predicted octanol–water partition coefficient (Wildman–Crippen LogP) is 14.1. The number of hydrogen-bond acceptors (Lipinski definition) is 2. The Bertz CT molecular complexity index is 2490. The van der Waals surface area contributed by atoms with Gasteiger partial charge in [-0.3, -0.25) is 0 Å². The summed E-state index contributed by atoms with van der Waals surface area (Å²) in [6.45, 7) is 4.68. The van der Waals surface area contributed by atoms with Crippen LogP contribution in [-0.4, -0.2) is 0 Å². The van der Waals surface area contributed by atoms with Gasteiger partial charge in [-0.05, 0) is 134 Å². The van der Waals surface area contributed by atoms with Crippen LogP contribution < -0.4 is 10.6 Å². The molecule has 2 N–H and O–H groups in total. The monoisotopic (exact) mass is 682 g/mol. The highest BCUT2D eigenvalue weighted by atomic mass is 14.9. The SMILES string of the molecule is CC1(C)c2cc(Nc3ccc(C4=CCCC(c5ccccc5)=C4)cc3)ccc2-c2ccc(Nc3ccc(-c4cccc(-c5ccccc5)c4)cc3)cc21. The molecule has 0 saturated carbocycles. The predicted molar refractivity (Wildman–Crippen MR) is 226 cm³/mol. The Balaban J connectivity index is 0.892. The Morgan fingerprint density at radius 2 is 0.887 bits per heavy atom. The molecule has 0 bridgehead atoms. The zero-order chi connectivity index (χ0) is 35.8. The second-order valence-electron chi connectivity index (χ2n) is 14.7. The van der Waals surface area contributed by atoms with E-state index in [-0.39, 0.29) is 5.41 Å². The summed E-state index contributed by atoms with van der Waals surface area (Å²) in [7, 11) is 0. The highest BCUT2D eigenvalue weighted by Crippen LogP contribution is 2.50. The molecule has 2 nitrogen and oxygen atoms in total. The summed E-state index contributed by atoms with van der Waals surface area (Å²) in [5.74, 6) is 0. The Morgan fingerprint density at radius 3 is 1.45 bits per heavy atom. The van der Waals surface area contributed by atoms with Crippen LogP contribution in [0.2, 0.25) is 0 Å². The molecule has 7 aromatic carbocycles. The molecular formula is C51H42N2. The summed E-state index contributed by atoms with van der Waals surface area (Å²) in [5.41, 5.74) is 19.7. The molecule has 2 heteroatoms. The maximum atomic E-state index is 3.69. The molecule has 0 aromatic heterocycles. The third-order valence-corrected chi connectivity index (χ3v) is 10.9. The van der Waals surface area contributed by atoms with Crippen LogP contribution in [0.3, 0.4) is 0 Å². The van der Waals surface area contributed by atoms with Crippen molar-refractivity contribution in [3.8, 4) is 33.4 Å². The minimum atomic E-state index is -0.131. The van der Waals surface area contributed by atoms with Crippen molar-refractivity contribution < 1.29 is 0 Å². The minimum Gasteiger partial charge on any atom is -0.356 e. The van der Waals surface area contributed by atoms with Gasteiger partial charge in [-0.1, -0.05) is 141 Å². The fraction of sp³-hybridized carbons (Fsp3) is 0.0980. The molecule has 2 aliphatic carbocycles. The summed E-state index contributed by atoms with van der Waals surface area (Å²) in [6.07, 6.45) is 6.87. The van der Waals surface area contributed by atoms with E-state index in [1.807, 2.05) is 0 Å². The van der Waals surface area contributed by atoms with Gasteiger partial charge in [0.05, 0.1) is 0 Å². The maximum Gasteiger partial charge on any atom is 0.0387 e. The van der Waals surface area contributed by atoms with E-state index in [2.05, 4.69) is 206 Å². The van der Waals surface area contributed by atoms with Gasteiger partial charge in [-0.25, -0.2) is 0 Å². The lowest BCUT2D eigenvalue weighted by Crippen LogP contribution is -2.15. The van der Waals surface area contributed by atoms with E-state index in [9.17, 15) is 0 Å². The number of benzene rings is 7. The third-order valence-electron chi connectivity index (χ3n) is 10.9. The standard InChI is InChI=1S/C51H42N2/c1-51(2)49-33-45(52-43-23-19-37(20-24-43)41-17-9-15-39(31-41)35-11-5-3-6-12-35)27-29-47(49)48-30-28-46(34-50(48)51)53-44-25-21-38(22-26-44)42-18-10-16-40(32-42)36-13-7-4-8-14-36/h3-9,11-15,17-34,52-53H,10,16H2,1-2H3. The first-order valence-electron chi connectivity index (χ1n) is 18.6. The van der Waals surface area contributed by atoms with Gasteiger partial charge < -0.3 is 10.6 Å². The third kappa shape index (κ3) is 6.49. The van der Waals surface area contributed by atoms with E-state index in [0.29, 0.717) is 0 Å². The van der Waals surface area contributed by atoms with Crippen molar-refractivity contribution >= 4 is 33.9 Å². The van der Waals surface area contributed by atoms with Gasteiger partial charge in [0.2, 0.25) is 0 Å². The lowest BCUT2D eigenvalue weighted by molar-refractivity contribution is 0.661. The van der Waals surface area contributed by atoms with Gasteiger partial charge in [0.25, 0.3) is 0 Å². The number of allylic oxidation sites excluding steroid dienone is 4. The molecule has 2 aliphatic rings. The molecule has 0 unspecified atom stereocenters. The number of hydrogen-bond donors (Lipinski definition) is 2. The molecule has 53 heavy (non-hydrogen) atoms.